The molecule has 0 atom stereocenters. The van der Waals surface area contributed by atoms with Crippen LogP contribution in [0.5, 0.6) is 0 Å². The fourth-order valence-electron chi connectivity index (χ4n) is 1.13. The van der Waals surface area contributed by atoms with Gasteiger partial charge in [-0.2, -0.15) is 0 Å². The number of allylic oxidation sites excluding steroid dienone is 1. The van der Waals surface area contributed by atoms with E-state index in [-0.39, 0.29) is 20.9 Å². The maximum atomic E-state index is 11.2. The van der Waals surface area contributed by atoms with Crippen molar-refractivity contribution in [1.29, 1.82) is 0 Å². The topological polar surface area (TPSA) is 26.3 Å². The zero-order valence-electron chi connectivity index (χ0n) is 9.18. The molecule has 84 valence electrons. The predicted octanol–water partition coefficient (Wildman–Crippen LogP) is 2.51. The van der Waals surface area contributed by atoms with E-state index in [1.807, 2.05) is 36.4 Å². The van der Waals surface area contributed by atoms with Crippen LogP contribution in [-0.2, 0) is 9.53 Å². The third kappa shape index (κ3) is 4.05. The third-order valence-electron chi connectivity index (χ3n) is 1.87. The Morgan fingerprint density at radius 1 is 1.44 bits per heavy atom. The van der Waals surface area contributed by atoms with Crippen LogP contribution in [0.25, 0.3) is 4.47 Å². The first-order valence-electron chi connectivity index (χ1n) is 4.86. The molecule has 0 bridgehead atoms. The van der Waals surface area contributed by atoms with Crippen molar-refractivity contribution < 1.29 is 9.53 Å². The van der Waals surface area contributed by atoms with Crippen LogP contribution in [-0.4, -0.2) is 28.0 Å². The van der Waals surface area contributed by atoms with E-state index in [4.69, 9.17) is 0 Å². The van der Waals surface area contributed by atoms with Crippen LogP contribution in [0.2, 0.25) is 5.32 Å². The van der Waals surface area contributed by atoms with Gasteiger partial charge in [0.1, 0.15) is 0 Å². The van der Waals surface area contributed by atoms with Crippen LogP contribution in [0, 0.1) is 0 Å². The standard InChI is InChI=1S/C13H14O2Se/c1-3-9-16-12(10-13(14)15-2)11-7-5-4-6-8-11/h3-8,10H,1,9H2,2H3/b12-10-. The number of ether oxygens (including phenoxy) is 1. The molecule has 0 N–H and O–H groups in total. The average molecular weight is 281 g/mol. The fraction of sp³-hybridized carbons (Fsp3) is 0.154. The summed E-state index contributed by atoms with van der Waals surface area (Å²) >= 11 is 0.220. The second-order valence-corrected chi connectivity index (χ2v) is 5.23. The molecular weight excluding hydrogens is 267 g/mol. The van der Waals surface area contributed by atoms with E-state index in [1.54, 1.807) is 6.08 Å². The Morgan fingerprint density at radius 3 is 2.69 bits per heavy atom. The Kier molecular flexibility index (Phi) is 5.62. The van der Waals surface area contributed by atoms with Gasteiger partial charge in [-0.25, -0.2) is 0 Å². The van der Waals surface area contributed by atoms with E-state index in [0.717, 1.165) is 15.4 Å². The summed E-state index contributed by atoms with van der Waals surface area (Å²) in [6.45, 7) is 3.70. The van der Waals surface area contributed by atoms with Gasteiger partial charge in [0.25, 0.3) is 0 Å². The summed E-state index contributed by atoms with van der Waals surface area (Å²) in [5.74, 6) is -0.301. The van der Waals surface area contributed by atoms with E-state index in [1.165, 1.54) is 7.11 Å². The van der Waals surface area contributed by atoms with Crippen molar-refractivity contribution in [3.05, 3.63) is 54.6 Å². The van der Waals surface area contributed by atoms with Gasteiger partial charge in [0, 0.05) is 0 Å². The van der Waals surface area contributed by atoms with Gasteiger partial charge < -0.3 is 0 Å². The normalized spacial score (nSPS) is 10.9. The summed E-state index contributed by atoms with van der Waals surface area (Å²) in [6, 6.07) is 9.88. The first-order chi connectivity index (χ1) is 7.77. The van der Waals surface area contributed by atoms with Gasteiger partial charge in [-0.3, -0.25) is 0 Å². The summed E-state index contributed by atoms with van der Waals surface area (Å²) < 4.78 is 5.69. The molecule has 0 aliphatic rings. The van der Waals surface area contributed by atoms with Crippen molar-refractivity contribution in [3.8, 4) is 0 Å². The second kappa shape index (κ2) is 7.04. The zero-order chi connectivity index (χ0) is 11.8. The number of esters is 1. The monoisotopic (exact) mass is 282 g/mol. The predicted molar refractivity (Wildman–Crippen MR) is 67.2 cm³/mol. The van der Waals surface area contributed by atoms with Crippen LogP contribution in [0.4, 0.5) is 0 Å². The van der Waals surface area contributed by atoms with E-state index in [0.29, 0.717) is 0 Å². The summed E-state index contributed by atoms with van der Waals surface area (Å²) in [5, 5.41) is 0.907. The van der Waals surface area contributed by atoms with Crippen molar-refractivity contribution in [2.75, 3.05) is 7.11 Å². The summed E-state index contributed by atoms with van der Waals surface area (Å²) in [4.78, 5) is 11.2. The summed E-state index contributed by atoms with van der Waals surface area (Å²) in [7, 11) is 1.39. The molecule has 0 fully saturated rings. The first-order valence-corrected chi connectivity index (χ1v) is 6.93. The van der Waals surface area contributed by atoms with Crippen LogP contribution >= 0.6 is 0 Å². The summed E-state index contributed by atoms with van der Waals surface area (Å²) in [5.41, 5.74) is 1.08. The van der Waals surface area contributed by atoms with Crippen molar-refractivity contribution >= 4 is 25.4 Å². The van der Waals surface area contributed by atoms with Gasteiger partial charge in [-0.05, 0) is 0 Å². The zero-order valence-corrected chi connectivity index (χ0v) is 10.9. The van der Waals surface area contributed by atoms with Crippen LogP contribution in [0.1, 0.15) is 5.56 Å². The molecule has 0 saturated carbocycles. The van der Waals surface area contributed by atoms with E-state index < -0.39 is 0 Å². The first kappa shape index (κ1) is 12.8. The molecule has 1 aromatic carbocycles. The Balaban J connectivity index is 2.91. The number of carbonyl (C=O) groups excluding carboxylic acids is 1. The van der Waals surface area contributed by atoms with Gasteiger partial charge >= 0.3 is 102 Å². The van der Waals surface area contributed by atoms with Crippen molar-refractivity contribution in [2.24, 2.45) is 0 Å². The number of benzene rings is 1. The maximum absolute atomic E-state index is 11.2. The quantitative estimate of drug-likeness (QED) is 0.359. The van der Waals surface area contributed by atoms with Crippen LogP contribution in [0.3, 0.4) is 0 Å². The number of hydrogen-bond acceptors (Lipinski definition) is 2. The SMILES string of the molecule is C=CC[Se]/C(=C\C(=O)OC)c1ccccc1. The number of carbonyl (C=O) groups is 1. The van der Waals surface area contributed by atoms with Gasteiger partial charge in [0.15, 0.2) is 0 Å². The Morgan fingerprint density at radius 2 is 2.12 bits per heavy atom. The molecule has 0 aromatic heterocycles. The molecule has 1 aromatic rings. The number of hydrogen-bond donors (Lipinski definition) is 0. The minimum atomic E-state index is -0.301. The molecular formula is C13H14O2Se. The second-order valence-electron chi connectivity index (χ2n) is 3.00. The van der Waals surface area contributed by atoms with Crippen molar-refractivity contribution in [2.45, 2.75) is 5.32 Å². The van der Waals surface area contributed by atoms with Gasteiger partial charge in [-0.15, -0.1) is 0 Å². The van der Waals surface area contributed by atoms with E-state index in [9.17, 15) is 4.79 Å². The average Bonchev–Trinajstić information content (AvgIpc) is 2.35. The third-order valence-corrected chi connectivity index (χ3v) is 4.10. The van der Waals surface area contributed by atoms with Crippen LogP contribution in [0.15, 0.2) is 49.1 Å². The Bertz CT molecular complexity index is 382. The summed E-state index contributed by atoms with van der Waals surface area (Å²) in [6.07, 6.45) is 3.44. The Hall–Kier alpha value is -1.31. The van der Waals surface area contributed by atoms with Crippen LogP contribution < -0.4 is 0 Å². The van der Waals surface area contributed by atoms with Gasteiger partial charge in [-0.1, -0.05) is 0 Å². The van der Waals surface area contributed by atoms with E-state index >= 15 is 0 Å². The molecule has 1 rings (SSSR count). The molecule has 16 heavy (non-hydrogen) atoms. The van der Waals surface area contributed by atoms with Gasteiger partial charge in [0.05, 0.1) is 0 Å². The molecule has 0 saturated heterocycles. The number of rotatable bonds is 5. The minimum absolute atomic E-state index is 0.220. The van der Waals surface area contributed by atoms with Crippen molar-refractivity contribution in [3.63, 3.8) is 0 Å². The van der Waals surface area contributed by atoms with Crippen molar-refractivity contribution in [1.82, 2.24) is 0 Å². The number of methoxy groups -OCH3 is 1. The van der Waals surface area contributed by atoms with E-state index in [2.05, 4.69) is 11.3 Å². The molecule has 0 amide bonds. The molecule has 2 nitrogen and oxygen atoms in total. The van der Waals surface area contributed by atoms with Gasteiger partial charge in [0.2, 0.25) is 0 Å². The Labute approximate surface area is 102 Å². The molecule has 0 heterocycles. The molecule has 0 aliphatic heterocycles. The molecule has 0 aliphatic carbocycles. The molecule has 0 unspecified atom stereocenters. The molecule has 3 heteroatoms. The molecule has 0 spiro atoms. The molecule has 0 radical (unpaired) electrons. The fourth-order valence-corrected chi connectivity index (χ4v) is 2.76.